The van der Waals surface area contributed by atoms with Crippen LogP contribution in [0.15, 0.2) is 271 Å². The fraction of sp³-hybridized carbons (Fsp3) is 0. The SMILES string of the molecule is c1ccc(-c2cccc(-c3cccc(N(c4ccc(-c5cccc6c5oc5ccccc56)cc4)c4cccc(-c5ccccc5-c5ccccc5-n5c6ccccc6c6ccccc65)c4)c3)c2)cc1. The summed E-state index contributed by atoms with van der Waals surface area (Å²) in [6, 6.07) is 96.1. The Labute approximate surface area is 401 Å². The van der Waals surface area contributed by atoms with Crippen LogP contribution in [-0.4, -0.2) is 4.57 Å². The van der Waals surface area contributed by atoms with Gasteiger partial charge in [0, 0.05) is 49.7 Å². The molecular weight excluding hydrogens is 837 g/mol. The van der Waals surface area contributed by atoms with Crippen LogP contribution < -0.4 is 4.90 Å². The number of anilines is 3. The van der Waals surface area contributed by atoms with Gasteiger partial charge in [0.1, 0.15) is 11.2 Å². The zero-order valence-electron chi connectivity index (χ0n) is 37.7. The van der Waals surface area contributed by atoms with Crippen molar-refractivity contribution in [2.75, 3.05) is 4.90 Å². The van der Waals surface area contributed by atoms with Crippen LogP contribution in [0.1, 0.15) is 0 Å². The number of hydrogen-bond donors (Lipinski definition) is 0. The number of rotatable bonds is 9. The molecule has 0 atom stereocenters. The quantitative estimate of drug-likeness (QED) is 0.144. The molecule has 0 aliphatic carbocycles. The van der Waals surface area contributed by atoms with E-state index in [-0.39, 0.29) is 0 Å². The molecule has 69 heavy (non-hydrogen) atoms. The molecular formula is C66H44N2O. The van der Waals surface area contributed by atoms with E-state index in [1.165, 1.54) is 44.1 Å². The van der Waals surface area contributed by atoms with Crippen molar-refractivity contribution in [2.24, 2.45) is 0 Å². The molecule has 0 bridgehead atoms. The van der Waals surface area contributed by atoms with E-state index in [1.54, 1.807) is 0 Å². The first-order valence-electron chi connectivity index (χ1n) is 23.6. The van der Waals surface area contributed by atoms with E-state index in [9.17, 15) is 0 Å². The molecule has 324 valence electrons. The maximum Gasteiger partial charge on any atom is 0.143 e. The van der Waals surface area contributed by atoms with Gasteiger partial charge in [0.2, 0.25) is 0 Å². The summed E-state index contributed by atoms with van der Waals surface area (Å²) in [5, 5.41) is 4.74. The van der Waals surface area contributed by atoms with Crippen molar-refractivity contribution in [1.82, 2.24) is 4.57 Å². The molecule has 13 rings (SSSR count). The Morgan fingerprint density at radius 2 is 0.768 bits per heavy atom. The van der Waals surface area contributed by atoms with Crippen molar-refractivity contribution >= 4 is 60.8 Å². The van der Waals surface area contributed by atoms with Crippen molar-refractivity contribution in [3.05, 3.63) is 267 Å². The Morgan fingerprint density at radius 3 is 1.51 bits per heavy atom. The van der Waals surface area contributed by atoms with Crippen molar-refractivity contribution < 1.29 is 4.42 Å². The lowest BCUT2D eigenvalue weighted by atomic mass is 9.93. The summed E-state index contributed by atoms with van der Waals surface area (Å²) in [6.45, 7) is 0. The third kappa shape index (κ3) is 7.08. The average Bonchev–Trinajstić information content (AvgIpc) is 3.98. The Balaban J connectivity index is 0.946. The Bertz CT molecular complexity index is 3970. The molecule has 0 aliphatic rings. The van der Waals surface area contributed by atoms with E-state index in [1.807, 2.05) is 12.1 Å². The van der Waals surface area contributed by atoms with Crippen LogP contribution in [-0.2, 0) is 0 Å². The highest BCUT2D eigenvalue weighted by Crippen LogP contribution is 2.44. The molecule has 0 aliphatic heterocycles. The average molecular weight is 881 g/mol. The zero-order valence-corrected chi connectivity index (χ0v) is 37.7. The molecule has 0 fully saturated rings. The number of nitrogens with zero attached hydrogens (tertiary/aromatic N) is 2. The predicted molar refractivity (Wildman–Crippen MR) is 290 cm³/mol. The molecule has 2 aromatic heterocycles. The number of fused-ring (bicyclic) bond motifs is 6. The van der Waals surface area contributed by atoms with E-state index in [0.717, 1.165) is 78.1 Å². The summed E-state index contributed by atoms with van der Waals surface area (Å²) in [5.74, 6) is 0. The van der Waals surface area contributed by atoms with Crippen LogP contribution >= 0.6 is 0 Å². The molecule has 11 aromatic carbocycles. The first kappa shape index (κ1) is 40.1. The third-order valence-electron chi connectivity index (χ3n) is 13.6. The van der Waals surface area contributed by atoms with Crippen LogP contribution in [0.25, 0.3) is 105 Å². The molecule has 3 heteroatoms. The smallest absolute Gasteiger partial charge is 0.143 e. The highest BCUT2D eigenvalue weighted by atomic mass is 16.3. The highest BCUT2D eigenvalue weighted by Gasteiger charge is 2.20. The second kappa shape index (κ2) is 16.9. The van der Waals surface area contributed by atoms with Gasteiger partial charge in [-0.15, -0.1) is 0 Å². The van der Waals surface area contributed by atoms with E-state index in [4.69, 9.17) is 4.42 Å². The van der Waals surface area contributed by atoms with Crippen molar-refractivity contribution in [3.63, 3.8) is 0 Å². The molecule has 0 amide bonds. The number of aromatic nitrogens is 1. The fourth-order valence-electron chi connectivity index (χ4n) is 10.4. The van der Waals surface area contributed by atoms with Crippen molar-refractivity contribution in [3.8, 4) is 61.3 Å². The summed E-state index contributed by atoms with van der Waals surface area (Å²) < 4.78 is 8.92. The molecule has 0 unspecified atom stereocenters. The second-order valence-electron chi connectivity index (χ2n) is 17.6. The summed E-state index contributed by atoms with van der Waals surface area (Å²) in [4.78, 5) is 2.38. The van der Waals surface area contributed by atoms with Gasteiger partial charge >= 0.3 is 0 Å². The fourth-order valence-corrected chi connectivity index (χ4v) is 10.4. The van der Waals surface area contributed by atoms with Gasteiger partial charge in [-0.3, -0.25) is 0 Å². The maximum absolute atomic E-state index is 6.50. The molecule has 0 radical (unpaired) electrons. The number of para-hydroxylation sites is 5. The summed E-state index contributed by atoms with van der Waals surface area (Å²) in [5.41, 5.74) is 20.0. The van der Waals surface area contributed by atoms with Gasteiger partial charge in [-0.25, -0.2) is 0 Å². The van der Waals surface area contributed by atoms with E-state index in [0.29, 0.717) is 0 Å². The standard InChI is InChI=1S/C66H44N2O/c1-2-18-45(19-3-1)47-20-14-21-48(42-47)49-22-15-24-52(43-49)67(51-40-38-46(39-41-51)55-32-17-33-61-60-31-9-13-37-65(60)69-66(55)61)53-25-16-23-50(44-53)54-26-4-5-27-56(54)57-28-6-10-34-62(57)68-63-35-11-7-29-58(63)59-30-8-12-36-64(59)68/h1-44H. The Kier molecular flexibility index (Phi) is 9.84. The van der Waals surface area contributed by atoms with Gasteiger partial charge in [0.25, 0.3) is 0 Å². The molecule has 0 spiro atoms. The maximum atomic E-state index is 6.50. The van der Waals surface area contributed by atoms with Gasteiger partial charge in [-0.05, 0) is 111 Å². The van der Waals surface area contributed by atoms with Crippen LogP contribution in [0.3, 0.4) is 0 Å². The lowest BCUT2D eigenvalue weighted by Crippen LogP contribution is -2.10. The minimum absolute atomic E-state index is 0.897. The summed E-state index contributed by atoms with van der Waals surface area (Å²) in [6.07, 6.45) is 0. The highest BCUT2D eigenvalue weighted by molar-refractivity contribution is 6.11. The molecule has 0 saturated heterocycles. The van der Waals surface area contributed by atoms with Crippen molar-refractivity contribution in [1.29, 1.82) is 0 Å². The van der Waals surface area contributed by atoms with Crippen LogP contribution in [0.5, 0.6) is 0 Å². The minimum atomic E-state index is 0.897. The number of benzene rings is 11. The third-order valence-corrected chi connectivity index (χ3v) is 13.6. The Hall–Kier alpha value is -9.18. The molecule has 0 saturated carbocycles. The van der Waals surface area contributed by atoms with Gasteiger partial charge in [-0.2, -0.15) is 0 Å². The number of furan rings is 1. The van der Waals surface area contributed by atoms with E-state index < -0.39 is 0 Å². The largest absolute Gasteiger partial charge is 0.455 e. The Morgan fingerprint density at radius 1 is 0.275 bits per heavy atom. The topological polar surface area (TPSA) is 21.3 Å². The minimum Gasteiger partial charge on any atom is -0.455 e. The number of hydrogen-bond acceptors (Lipinski definition) is 2. The second-order valence-corrected chi connectivity index (χ2v) is 17.6. The summed E-state index contributed by atoms with van der Waals surface area (Å²) >= 11 is 0. The van der Waals surface area contributed by atoms with E-state index in [2.05, 4.69) is 264 Å². The molecule has 13 aromatic rings. The lowest BCUT2D eigenvalue weighted by Gasteiger charge is -2.27. The summed E-state index contributed by atoms with van der Waals surface area (Å²) in [7, 11) is 0. The molecule has 0 N–H and O–H groups in total. The van der Waals surface area contributed by atoms with Crippen LogP contribution in [0.2, 0.25) is 0 Å². The monoisotopic (exact) mass is 880 g/mol. The lowest BCUT2D eigenvalue weighted by molar-refractivity contribution is 0.670. The van der Waals surface area contributed by atoms with Crippen molar-refractivity contribution in [2.45, 2.75) is 0 Å². The van der Waals surface area contributed by atoms with E-state index >= 15 is 0 Å². The first-order chi connectivity index (χ1) is 34.2. The van der Waals surface area contributed by atoms with Gasteiger partial charge in [0.05, 0.1) is 16.7 Å². The normalized spacial score (nSPS) is 11.5. The molecule has 2 heterocycles. The predicted octanol–water partition coefficient (Wildman–Crippen LogP) is 18.5. The van der Waals surface area contributed by atoms with Gasteiger partial charge < -0.3 is 13.9 Å². The van der Waals surface area contributed by atoms with Crippen LogP contribution in [0, 0.1) is 0 Å². The zero-order chi connectivity index (χ0) is 45.7. The van der Waals surface area contributed by atoms with Crippen LogP contribution in [0.4, 0.5) is 17.1 Å². The first-order valence-corrected chi connectivity index (χ1v) is 23.6. The van der Waals surface area contributed by atoms with Gasteiger partial charge in [-0.1, -0.05) is 200 Å². The molecule has 3 nitrogen and oxygen atoms in total. The van der Waals surface area contributed by atoms with Gasteiger partial charge in [0.15, 0.2) is 0 Å².